The second-order valence-corrected chi connectivity index (χ2v) is 10.4. The van der Waals surface area contributed by atoms with Crippen LogP contribution in [0.3, 0.4) is 0 Å². The molecule has 2 aromatic heterocycles. The summed E-state index contributed by atoms with van der Waals surface area (Å²) in [4.78, 5) is 37.6. The molecule has 0 fully saturated rings. The molecule has 1 unspecified atom stereocenters. The van der Waals surface area contributed by atoms with E-state index in [0.717, 1.165) is 16.7 Å². The molecule has 4 rings (SSSR count). The number of nitriles is 1. The van der Waals surface area contributed by atoms with E-state index in [1.54, 1.807) is 47.3 Å². The van der Waals surface area contributed by atoms with Crippen molar-refractivity contribution in [3.63, 3.8) is 0 Å². The SMILES string of the molecule is CC(OP(=O)(O)O)n1cc(-c2cccc(C#N)c2)c2cc(-c3cccc(NC(=O)/C=C/CN(C)C)c3)cnc21. The number of carbonyl (C=O) groups is 1. The molecule has 4 aromatic rings. The number of phosphoric ester groups is 1. The van der Waals surface area contributed by atoms with Crippen molar-refractivity contribution < 1.29 is 23.7 Å². The van der Waals surface area contributed by atoms with Crippen molar-refractivity contribution in [3.8, 4) is 28.3 Å². The molecule has 1 atom stereocenters. The molecular weight excluding hydrogens is 517 g/mol. The fraction of sp³-hybridized carbons (Fsp3) is 0.179. The highest BCUT2D eigenvalue weighted by Gasteiger charge is 2.23. The van der Waals surface area contributed by atoms with Gasteiger partial charge in [0.05, 0.1) is 11.6 Å². The number of anilines is 1. The number of phosphoric acid groups is 1. The number of nitrogens with one attached hydrogen (secondary N) is 1. The molecular formula is C28H28N5O5P. The summed E-state index contributed by atoms with van der Waals surface area (Å²) in [6.07, 6.45) is 5.61. The van der Waals surface area contributed by atoms with Gasteiger partial charge in [0.1, 0.15) is 11.9 Å². The largest absolute Gasteiger partial charge is 0.471 e. The Bertz CT molecular complexity index is 1630. The van der Waals surface area contributed by atoms with Crippen LogP contribution in [0.1, 0.15) is 18.7 Å². The Labute approximate surface area is 226 Å². The zero-order valence-electron chi connectivity index (χ0n) is 21.6. The van der Waals surface area contributed by atoms with Gasteiger partial charge >= 0.3 is 7.82 Å². The van der Waals surface area contributed by atoms with Crippen LogP contribution in [0.25, 0.3) is 33.3 Å². The highest BCUT2D eigenvalue weighted by atomic mass is 31.2. The van der Waals surface area contributed by atoms with E-state index in [1.165, 1.54) is 13.0 Å². The maximum absolute atomic E-state index is 12.3. The van der Waals surface area contributed by atoms with Gasteiger partial charge in [0.15, 0.2) is 0 Å². The molecule has 39 heavy (non-hydrogen) atoms. The molecule has 0 bridgehead atoms. The van der Waals surface area contributed by atoms with E-state index in [4.69, 9.17) is 4.52 Å². The third kappa shape index (κ3) is 7.06. The van der Waals surface area contributed by atoms with Crippen molar-refractivity contribution >= 4 is 30.5 Å². The molecule has 11 heteroatoms. The van der Waals surface area contributed by atoms with Gasteiger partial charge in [0.25, 0.3) is 0 Å². The second-order valence-electron chi connectivity index (χ2n) is 9.17. The first-order chi connectivity index (χ1) is 18.5. The lowest BCUT2D eigenvalue weighted by Gasteiger charge is -2.16. The van der Waals surface area contributed by atoms with E-state index in [9.17, 15) is 24.4 Å². The number of nitrogens with zero attached hydrogens (tertiary/aromatic N) is 4. The zero-order chi connectivity index (χ0) is 28.2. The van der Waals surface area contributed by atoms with Crippen LogP contribution < -0.4 is 5.32 Å². The van der Waals surface area contributed by atoms with Crippen LogP contribution in [0.2, 0.25) is 0 Å². The van der Waals surface area contributed by atoms with Gasteiger partial charge < -0.3 is 24.6 Å². The lowest BCUT2D eigenvalue weighted by Crippen LogP contribution is -2.12. The zero-order valence-corrected chi connectivity index (χ0v) is 22.5. The quantitative estimate of drug-likeness (QED) is 0.199. The Morgan fingerprint density at radius 1 is 1.18 bits per heavy atom. The van der Waals surface area contributed by atoms with Crippen LogP contribution in [0.4, 0.5) is 5.69 Å². The van der Waals surface area contributed by atoms with Crippen LogP contribution >= 0.6 is 7.82 Å². The number of carbonyl (C=O) groups excluding carboxylic acids is 1. The van der Waals surface area contributed by atoms with Gasteiger partial charge in [-0.15, -0.1) is 0 Å². The van der Waals surface area contributed by atoms with E-state index in [1.807, 2.05) is 49.3 Å². The third-order valence-corrected chi connectivity index (χ3v) is 6.44. The van der Waals surface area contributed by atoms with Gasteiger partial charge in [0, 0.05) is 47.2 Å². The normalized spacial score (nSPS) is 12.6. The minimum atomic E-state index is -4.76. The Morgan fingerprint density at radius 3 is 2.64 bits per heavy atom. The number of rotatable bonds is 9. The number of aromatic nitrogens is 2. The van der Waals surface area contributed by atoms with Crippen molar-refractivity contribution in [2.75, 3.05) is 26.0 Å². The Balaban J connectivity index is 1.76. The minimum absolute atomic E-state index is 0.238. The number of pyridine rings is 1. The van der Waals surface area contributed by atoms with Gasteiger partial charge in [-0.05, 0) is 62.5 Å². The van der Waals surface area contributed by atoms with Crippen LogP contribution in [-0.4, -0.2) is 50.8 Å². The van der Waals surface area contributed by atoms with Gasteiger partial charge in [-0.25, -0.2) is 9.55 Å². The average Bonchev–Trinajstić information content (AvgIpc) is 3.27. The summed E-state index contributed by atoms with van der Waals surface area (Å²) in [6, 6.07) is 18.5. The Morgan fingerprint density at radius 2 is 1.92 bits per heavy atom. The average molecular weight is 546 g/mol. The summed E-state index contributed by atoms with van der Waals surface area (Å²) in [5, 5.41) is 12.9. The van der Waals surface area contributed by atoms with Crippen molar-refractivity contribution in [3.05, 3.63) is 84.7 Å². The van der Waals surface area contributed by atoms with Gasteiger partial charge in [0.2, 0.25) is 5.91 Å². The minimum Gasteiger partial charge on any atom is -0.323 e. The van der Waals surface area contributed by atoms with E-state index in [2.05, 4.69) is 16.4 Å². The number of fused-ring (bicyclic) bond motifs is 1. The summed E-state index contributed by atoms with van der Waals surface area (Å²) < 4.78 is 18.0. The summed E-state index contributed by atoms with van der Waals surface area (Å²) in [7, 11) is -0.924. The summed E-state index contributed by atoms with van der Waals surface area (Å²) >= 11 is 0. The standard InChI is InChI=1S/C28H28N5O5P/c1-19(38-39(35,36)37)33-18-26(22-9-4-7-20(13-22)16-29)25-15-23(17-30-28(25)33)21-8-5-10-24(14-21)31-27(34)11-6-12-32(2)3/h4-11,13-15,17-19H,12H2,1-3H3,(H,31,34)(H2,35,36,37)/b11-6+. The van der Waals surface area contributed by atoms with Crippen molar-refractivity contribution in [1.82, 2.24) is 14.5 Å². The second kappa shape index (κ2) is 11.7. The van der Waals surface area contributed by atoms with Crippen molar-refractivity contribution in [2.24, 2.45) is 0 Å². The first kappa shape index (κ1) is 27.9. The molecule has 0 saturated carbocycles. The number of benzene rings is 2. The summed E-state index contributed by atoms with van der Waals surface area (Å²) in [5.41, 5.74) is 4.57. The third-order valence-electron chi connectivity index (χ3n) is 5.86. The van der Waals surface area contributed by atoms with Crippen LogP contribution in [0.15, 0.2) is 79.1 Å². The van der Waals surface area contributed by atoms with Gasteiger partial charge in [-0.3, -0.25) is 9.32 Å². The van der Waals surface area contributed by atoms with Crippen LogP contribution in [-0.2, 0) is 13.9 Å². The van der Waals surface area contributed by atoms with E-state index < -0.39 is 14.1 Å². The van der Waals surface area contributed by atoms with Gasteiger partial charge in [-0.1, -0.05) is 30.3 Å². The molecule has 10 nitrogen and oxygen atoms in total. The smallest absolute Gasteiger partial charge is 0.323 e. The number of likely N-dealkylation sites (N-methyl/N-ethyl adjacent to an activating group) is 1. The molecule has 0 radical (unpaired) electrons. The lowest BCUT2D eigenvalue weighted by molar-refractivity contribution is -0.111. The molecule has 2 aromatic carbocycles. The fourth-order valence-corrected chi connectivity index (χ4v) is 4.63. The first-order valence-electron chi connectivity index (χ1n) is 12.0. The van der Waals surface area contributed by atoms with Crippen molar-refractivity contribution in [2.45, 2.75) is 13.2 Å². The predicted molar refractivity (Wildman–Crippen MR) is 149 cm³/mol. The molecule has 0 aliphatic heterocycles. The predicted octanol–water partition coefficient (Wildman–Crippen LogP) is 4.93. The molecule has 1 amide bonds. The molecule has 0 spiro atoms. The molecule has 0 saturated heterocycles. The first-order valence-corrected chi connectivity index (χ1v) is 13.5. The highest BCUT2D eigenvalue weighted by Crippen LogP contribution is 2.42. The highest BCUT2D eigenvalue weighted by molar-refractivity contribution is 7.46. The van der Waals surface area contributed by atoms with Crippen LogP contribution in [0.5, 0.6) is 0 Å². The fourth-order valence-electron chi connectivity index (χ4n) is 4.13. The van der Waals surface area contributed by atoms with E-state index in [0.29, 0.717) is 34.4 Å². The molecule has 0 aliphatic rings. The molecule has 200 valence electrons. The lowest BCUT2D eigenvalue weighted by atomic mass is 10.0. The van der Waals surface area contributed by atoms with E-state index in [-0.39, 0.29) is 5.91 Å². The van der Waals surface area contributed by atoms with Gasteiger partial charge in [-0.2, -0.15) is 5.26 Å². The number of hydrogen-bond acceptors (Lipinski definition) is 6. The van der Waals surface area contributed by atoms with Crippen molar-refractivity contribution in [1.29, 1.82) is 5.26 Å². The Kier molecular flexibility index (Phi) is 8.41. The van der Waals surface area contributed by atoms with Crippen LogP contribution in [0, 0.1) is 11.3 Å². The topological polar surface area (TPSA) is 141 Å². The summed E-state index contributed by atoms with van der Waals surface area (Å²) in [5.74, 6) is -0.238. The summed E-state index contributed by atoms with van der Waals surface area (Å²) in [6.45, 7) is 2.17. The number of hydrogen-bond donors (Lipinski definition) is 3. The maximum Gasteiger partial charge on any atom is 0.471 e. The maximum atomic E-state index is 12.3. The number of amides is 1. The molecule has 2 heterocycles. The molecule has 0 aliphatic carbocycles. The molecule has 3 N–H and O–H groups in total. The van der Waals surface area contributed by atoms with E-state index >= 15 is 0 Å². The monoisotopic (exact) mass is 545 g/mol. The Hall–Kier alpha value is -4.10.